The van der Waals surface area contributed by atoms with Crippen molar-refractivity contribution in [1.29, 1.82) is 0 Å². The lowest BCUT2D eigenvalue weighted by molar-refractivity contribution is -0.128. The highest BCUT2D eigenvalue weighted by molar-refractivity contribution is 5.98. The number of ether oxygens (including phenoxy) is 1. The molecule has 0 bridgehead atoms. The summed E-state index contributed by atoms with van der Waals surface area (Å²) in [7, 11) is 1.58. The van der Waals surface area contributed by atoms with Gasteiger partial charge in [0.25, 0.3) is 0 Å². The molecule has 2 amide bonds. The van der Waals surface area contributed by atoms with Gasteiger partial charge in [-0.2, -0.15) is 0 Å². The van der Waals surface area contributed by atoms with Gasteiger partial charge in [0.05, 0.1) is 13.2 Å². The summed E-state index contributed by atoms with van der Waals surface area (Å²) in [6.07, 6.45) is 1.18. The first-order valence-corrected chi connectivity index (χ1v) is 10.0. The molecule has 0 aliphatic carbocycles. The van der Waals surface area contributed by atoms with E-state index < -0.39 is 6.04 Å². The number of anilines is 1. The zero-order chi connectivity index (χ0) is 20.8. The number of benzene rings is 2. The molecule has 6 heteroatoms. The monoisotopic (exact) mass is 395 g/mol. The molecule has 0 fully saturated rings. The summed E-state index contributed by atoms with van der Waals surface area (Å²) < 4.78 is 5.20. The third-order valence-corrected chi connectivity index (χ3v) is 5.08. The van der Waals surface area contributed by atoms with Crippen molar-refractivity contribution in [3.63, 3.8) is 0 Å². The third kappa shape index (κ3) is 5.57. The molecule has 1 heterocycles. The molecule has 0 radical (unpaired) electrons. The predicted molar refractivity (Wildman–Crippen MR) is 114 cm³/mol. The number of fused-ring (bicyclic) bond motifs is 1. The van der Waals surface area contributed by atoms with Crippen molar-refractivity contribution in [2.75, 3.05) is 12.4 Å². The first-order valence-electron chi connectivity index (χ1n) is 10.0. The van der Waals surface area contributed by atoms with E-state index in [4.69, 9.17) is 4.74 Å². The average molecular weight is 396 g/mol. The van der Waals surface area contributed by atoms with Crippen molar-refractivity contribution in [1.82, 2.24) is 10.6 Å². The van der Waals surface area contributed by atoms with Gasteiger partial charge in [-0.05, 0) is 42.0 Å². The van der Waals surface area contributed by atoms with Crippen LogP contribution in [0.5, 0.6) is 5.75 Å². The number of carbonyl (C=O) groups is 2. The van der Waals surface area contributed by atoms with Gasteiger partial charge in [-0.1, -0.05) is 44.2 Å². The number of carbonyl (C=O) groups excluding carboxylic acids is 2. The highest BCUT2D eigenvalue weighted by Gasteiger charge is 2.28. The maximum absolute atomic E-state index is 12.9. The lowest BCUT2D eigenvalue weighted by atomic mass is 9.95. The molecule has 0 unspecified atom stereocenters. The Kier molecular flexibility index (Phi) is 6.88. The molecule has 0 aromatic heterocycles. The van der Waals surface area contributed by atoms with Crippen LogP contribution in [0.4, 0.5) is 5.69 Å². The minimum atomic E-state index is -0.604. The number of methoxy groups -OCH3 is 1. The van der Waals surface area contributed by atoms with E-state index in [1.54, 1.807) is 19.2 Å². The van der Waals surface area contributed by atoms with Gasteiger partial charge in [0.1, 0.15) is 11.8 Å². The Morgan fingerprint density at radius 2 is 1.90 bits per heavy atom. The van der Waals surface area contributed by atoms with E-state index in [1.165, 1.54) is 11.1 Å². The van der Waals surface area contributed by atoms with E-state index in [9.17, 15) is 9.59 Å². The Morgan fingerprint density at radius 3 is 2.62 bits per heavy atom. The Labute approximate surface area is 172 Å². The molecule has 2 atom stereocenters. The van der Waals surface area contributed by atoms with E-state index in [1.807, 2.05) is 38.1 Å². The van der Waals surface area contributed by atoms with Gasteiger partial charge in [0.15, 0.2) is 0 Å². The van der Waals surface area contributed by atoms with Crippen molar-refractivity contribution in [3.05, 3.63) is 59.7 Å². The summed E-state index contributed by atoms with van der Waals surface area (Å²) in [6.45, 7) is 4.72. The van der Waals surface area contributed by atoms with E-state index in [0.717, 1.165) is 0 Å². The standard InChI is InChI=1S/C23H29N3O3/c1-15(2)11-21(23(28)25-18-9-6-10-19(13-18)29-3)26-22(27)20-12-16-7-4-5-8-17(16)14-24-20/h4-10,13,15,20-21,24H,11-12,14H2,1-3H3,(H,25,28)(H,26,27)/t20-,21-/m0/s1. The summed E-state index contributed by atoms with van der Waals surface area (Å²) in [5.41, 5.74) is 3.03. The molecule has 6 nitrogen and oxygen atoms in total. The first-order chi connectivity index (χ1) is 14.0. The Hall–Kier alpha value is -2.86. The number of hydrogen-bond donors (Lipinski definition) is 3. The zero-order valence-electron chi connectivity index (χ0n) is 17.2. The Bertz CT molecular complexity index is 866. The van der Waals surface area contributed by atoms with E-state index in [2.05, 4.69) is 28.1 Å². The predicted octanol–water partition coefficient (Wildman–Crippen LogP) is 2.88. The second-order valence-corrected chi connectivity index (χ2v) is 7.82. The Morgan fingerprint density at radius 1 is 1.14 bits per heavy atom. The van der Waals surface area contributed by atoms with Crippen LogP contribution in [0.1, 0.15) is 31.4 Å². The van der Waals surface area contributed by atoms with Crippen LogP contribution in [0.3, 0.4) is 0 Å². The van der Waals surface area contributed by atoms with E-state index in [0.29, 0.717) is 30.8 Å². The van der Waals surface area contributed by atoms with Crippen LogP contribution < -0.4 is 20.7 Å². The van der Waals surface area contributed by atoms with Crippen LogP contribution in [-0.2, 0) is 22.6 Å². The fourth-order valence-corrected chi connectivity index (χ4v) is 3.55. The van der Waals surface area contributed by atoms with Gasteiger partial charge in [-0.15, -0.1) is 0 Å². The fourth-order valence-electron chi connectivity index (χ4n) is 3.55. The summed E-state index contributed by atoms with van der Waals surface area (Å²) >= 11 is 0. The van der Waals surface area contributed by atoms with Gasteiger partial charge in [-0.3, -0.25) is 9.59 Å². The molecule has 154 valence electrons. The molecule has 2 aromatic carbocycles. The normalized spacial score (nSPS) is 16.6. The minimum Gasteiger partial charge on any atom is -0.497 e. The van der Waals surface area contributed by atoms with Crippen molar-refractivity contribution in [2.45, 2.75) is 45.3 Å². The van der Waals surface area contributed by atoms with Crippen molar-refractivity contribution < 1.29 is 14.3 Å². The molecular formula is C23H29N3O3. The largest absolute Gasteiger partial charge is 0.497 e. The van der Waals surface area contributed by atoms with Crippen LogP contribution in [0.15, 0.2) is 48.5 Å². The molecule has 3 N–H and O–H groups in total. The second kappa shape index (κ2) is 9.56. The van der Waals surface area contributed by atoms with Crippen LogP contribution in [0.25, 0.3) is 0 Å². The quantitative estimate of drug-likeness (QED) is 0.674. The number of hydrogen-bond acceptors (Lipinski definition) is 4. The molecule has 0 spiro atoms. The molecule has 0 saturated heterocycles. The second-order valence-electron chi connectivity index (χ2n) is 7.82. The number of rotatable bonds is 7. The molecule has 1 aliphatic rings. The smallest absolute Gasteiger partial charge is 0.246 e. The Balaban J connectivity index is 1.66. The highest BCUT2D eigenvalue weighted by atomic mass is 16.5. The van der Waals surface area contributed by atoms with Gasteiger partial charge in [-0.25, -0.2) is 0 Å². The van der Waals surface area contributed by atoms with Gasteiger partial charge < -0.3 is 20.7 Å². The fraction of sp³-hybridized carbons (Fsp3) is 0.391. The van der Waals surface area contributed by atoms with Crippen LogP contribution in [0, 0.1) is 5.92 Å². The summed E-state index contributed by atoms with van der Waals surface area (Å²) in [4.78, 5) is 25.8. The van der Waals surface area contributed by atoms with Gasteiger partial charge in [0.2, 0.25) is 11.8 Å². The molecule has 1 aliphatic heterocycles. The molecule has 2 aromatic rings. The average Bonchev–Trinajstić information content (AvgIpc) is 2.72. The van der Waals surface area contributed by atoms with E-state index in [-0.39, 0.29) is 23.8 Å². The zero-order valence-corrected chi connectivity index (χ0v) is 17.2. The maximum Gasteiger partial charge on any atom is 0.246 e. The van der Waals surface area contributed by atoms with Crippen molar-refractivity contribution in [3.8, 4) is 5.75 Å². The topological polar surface area (TPSA) is 79.5 Å². The van der Waals surface area contributed by atoms with Gasteiger partial charge in [0, 0.05) is 18.3 Å². The number of nitrogens with one attached hydrogen (secondary N) is 3. The molecule has 3 rings (SSSR count). The maximum atomic E-state index is 12.9. The van der Waals surface area contributed by atoms with Crippen LogP contribution in [0.2, 0.25) is 0 Å². The summed E-state index contributed by atoms with van der Waals surface area (Å²) in [6, 6.07) is 14.3. The SMILES string of the molecule is COc1cccc(NC(=O)[C@H](CC(C)C)NC(=O)[C@@H]2Cc3ccccc3CN2)c1. The van der Waals surface area contributed by atoms with Crippen molar-refractivity contribution >= 4 is 17.5 Å². The van der Waals surface area contributed by atoms with Crippen molar-refractivity contribution in [2.24, 2.45) is 5.92 Å². The summed E-state index contributed by atoms with van der Waals surface area (Å²) in [5.74, 6) is 0.552. The lowest BCUT2D eigenvalue weighted by Gasteiger charge is -2.28. The van der Waals surface area contributed by atoms with E-state index >= 15 is 0 Å². The minimum absolute atomic E-state index is 0.147. The lowest BCUT2D eigenvalue weighted by Crippen LogP contribution is -2.53. The summed E-state index contributed by atoms with van der Waals surface area (Å²) in [5, 5.41) is 9.12. The molecular weight excluding hydrogens is 366 g/mol. The third-order valence-electron chi connectivity index (χ3n) is 5.08. The van der Waals surface area contributed by atoms with Crippen LogP contribution in [-0.4, -0.2) is 31.0 Å². The molecule has 29 heavy (non-hydrogen) atoms. The van der Waals surface area contributed by atoms with Gasteiger partial charge >= 0.3 is 0 Å². The van der Waals surface area contributed by atoms with Crippen LogP contribution >= 0.6 is 0 Å². The highest BCUT2D eigenvalue weighted by Crippen LogP contribution is 2.19. The first kappa shape index (κ1) is 20.9. The molecule has 0 saturated carbocycles. The number of amides is 2.